The molecule has 0 fully saturated rings. The van der Waals surface area contributed by atoms with Crippen LogP contribution in [0.15, 0.2) is 21.2 Å². The molecule has 7 nitrogen and oxygen atoms in total. The summed E-state index contributed by atoms with van der Waals surface area (Å²) in [6.07, 6.45) is 1.48. The maximum atomic E-state index is 11.6. The number of nitrogens with zero attached hydrogens (tertiary/aromatic N) is 1. The number of furan rings is 1. The maximum Gasteiger partial charge on any atom is 0.315 e. The molecule has 0 saturated carbocycles. The fourth-order valence-corrected chi connectivity index (χ4v) is 2.37. The lowest BCUT2D eigenvalue weighted by atomic mass is 10.2. The van der Waals surface area contributed by atoms with E-state index in [0.29, 0.717) is 34.8 Å². The number of esters is 1. The van der Waals surface area contributed by atoms with E-state index in [4.69, 9.17) is 23.0 Å². The van der Waals surface area contributed by atoms with Crippen LogP contribution in [0.5, 0.6) is 11.5 Å². The normalized spacial score (nSPS) is 11.0. The molecule has 0 unspecified atom stereocenters. The molecule has 2 aromatic heterocycles. The van der Waals surface area contributed by atoms with Crippen LogP contribution in [-0.2, 0) is 16.0 Å². The molecule has 0 spiro atoms. The average Bonchev–Trinajstić information content (AvgIpc) is 3.11. The summed E-state index contributed by atoms with van der Waals surface area (Å²) in [5, 5.41) is 0.725. The third-order valence-electron chi connectivity index (χ3n) is 3.22. The van der Waals surface area contributed by atoms with E-state index in [2.05, 4.69) is 4.98 Å². The molecule has 22 heavy (non-hydrogen) atoms. The minimum atomic E-state index is -0.407. The molecular weight excluding hydrogens is 290 g/mol. The summed E-state index contributed by atoms with van der Waals surface area (Å²) in [6, 6.07) is 1.76. The molecule has 116 valence electrons. The molecule has 0 amide bonds. The molecule has 0 saturated heterocycles. The van der Waals surface area contributed by atoms with Crippen LogP contribution in [0.25, 0.3) is 22.1 Å². The minimum Gasteiger partial charge on any atom is -0.494 e. The number of carbonyl (C=O) groups is 1. The molecule has 0 radical (unpaired) electrons. The second-order valence-electron chi connectivity index (χ2n) is 4.50. The quantitative estimate of drug-likeness (QED) is 0.670. The highest BCUT2D eigenvalue weighted by Crippen LogP contribution is 2.43. The molecule has 0 bridgehead atoms. The first kappa shape index (κ1) is 14.2. The molecule has 0 atom stereocenters. The Morgan fingerprint density at radius 3 is 2.68 bits per heavy atom. The smallest absolute Gasteiger partial charge is 0.315 e. The largest absolute Gasteiger partial charge is 0.494 e. The Hall–Kier alpha value is -2.70. The van der Waals surface area contributed by atoms with Crippen LogP contribution >= 0.6 is 0 Å². The molecule has 0 N–H and O–H groups in total. The molecular formula is C15H15NO6. The number of fused-ring (bicyclic) bond motifs is 2. The Morgan fingerprint density at radius 2 is 2.00 bits per heavy atom. The van der Waals surface area contributed by atoms with Gasteiger partial charge in [-0.3, -0.25) is 4.79 Å². The number of rotatable bonds is 5. The molecule has 0 aliphatic rings. The third kappa shape index (κ3) is 2.14. The number of aromatic nitrogens is 1. The van der Waals surface area contributed by atoms with Crippen LogP contribution in [0, 0.1) is 0 Å². The summed E-state index contributed by atoms with van der Waals surface area (Å²) in [5.41, 5.74) is 1.36. The van der Waals surface area contributed by atoms with E-state index in [-0.39, 0.29) is 12.3 Å². The second-order valence-corrected chi connectivity index (χ2v) is 4.50. The molecule has 7 heteroatoms. The van der Waals surface area contributed by atoms with E-state index in [1.165, 1.54) is 20.5 Å². The van der Waals surface area contributed by atoms with Gasteiger partial charge in [-0.25, -0.2) is 4.98 Å². The lowest BCUT2D eigenvalue weighted by Gasteiger charge is -2.05. The fourth-order valence-electron chi connectivity index (χ4n) is 2.37. The van der Waals surface area contributed by atoms with Crippen LogP contribution in [0.3, 0.4) is 0 Å². The molecule has 0 aliphatic carbocycles. The molecule has 0 aliphatic heterocycles. The third-order valence-corrected chi connectivity index (χ3v) is 3.22. The first-order chi connectivity index (χ1) is 10.7. The summed E-state index contributed by atoms with van der Waals surface area (Å²) >= 11 is 0. The SMILES string of the molecule is CCOC(=O)Cc1nc2c(OC)c3ccoc3c(OC)c2o1. The lowest BCUT2D eigenvalue weighted by molar-refractivity contribution is -0.142. The number of methoxy groups -OCH3 is 2. The van der Waals surface area contributed by atoms with Crippen LogP contribution in [0.4, 0.5) is 0 Å². The highest BCUT2D eigenvalue weighted by Gasteiger charge is 2.24. The fraction of sp³-hybridized carbons (Fsp3) is 0.333. The maximum absolute atomic E-state index is 11.6. The van der Waals surface area contributed by atoms with Gasteiger partial charge in [-0.2, -0.15) is 0 Å². The first-order valence-corrected chi connectivity index (χ1v) is 6.75. The van der Waals surface area contributed by atoms with Crippen molar-refractivity contribution in [2.24, 2.45) is 0 Å². The van der Waals surface area contributed by atoms with Gasteiger partial charge in [0.05, 0.1) is 32.5 Å². The van der Waals surface area contributed by atoms with Crippen molar-refractivity contribution in [2.75, 3.05) is 20.8 Å². The number of oxazole rings is 1. The van der Waals surface area contributed by atoms with Gasteiger partial charge in [0, 0.05) is 0 Å². The predicted octanol–water partition coefficient (Wildman–Crippen LogP) is 2.70. The summed E-state index contributed by atoms with van der Waals surface area (Å²) in [5.74, 6) is 0.755. The van der Waals surface area contributed by atoms with Crippen molar-refractivity contribution < 1.29 is 27.8 Å². The van der Waals surface area contributed by atoms with E-state index in [0.717, 1.165) is 5.39 Å². The van der Waals surface area contributed by atoms with Gasteiger partial charge in [-0.15, -0.1) is 0 Å². The summed E-state index contributed by atoms with van der Waals surface area (Å²) in [4.78, 5) is 15.9. The van der Waals surface area contributed by atoms with E-state index in [1.807, 2.05) is 0 Å². The first-order valence-electron chi connectivity index (χ1n) is 6.75. The van der Waals surface area contributed by atoms with Crippen LogP contribution in [0.1, 0.15) is 12.8 Å². The standard InChI is InChI=1S/C15H15NO6/c1-4-20-10(17)7-9-16-11-12(18-2)8-5-6-21-13(8)15(19-3)14(11)22-9/h5-6H,4,7H2,1-3H3. The molecule has 1 aromatic carbocycles. The van der Waals surface area contributed by atoms with Gasteiger partial charge in [0.25, 0.3) is 0 Å². The number of ether oxygens (including phenoxy) is 3. The zero-order valence-corrected chi connectivity index (χ0v) is 12.5. The number of benzene rings is 1. The average molecular weight is 305 g/mol. The predicted molar refractivity (Wildman–Crippen MR) is 77.2 cm³/mol. The van der Waals surface area contributed by atoms with Gasteiger partial charge in [0.15, 0.2) is 16.8 Å². The van der Waals surface area contributed by atoms with Gasteiger partial charge in [-0.05, 0) is 13.0 Å². The van der Waals surface area contributed by atoms with Crippen molar-refractivity contribution in [3.63, 3.8) is 0 Å². The van der Waals surface area contributed by atoms with E-state index >= 15 is 0 Å². The Kier molecular flexibility index (Phi) is 3.62. The molecule has 3 rings (SSSR count). The van der Waals surface area contributed by atoms with Crippen LogP contribution < -0.4 is 9.47 Å². The van der Waals surface area contributed by atoms with Crippen molar-refractivity contribution in [3.8, 4) is 11.5 Å². The highest BCUT2D eigenvalue weighted by molar-refractivity contribution is 6.05. The van der Waals surface area contributed by atoms with E-state index in [9.17, 15) is 4.79 Å². The van der Waals surface area contributed by atoms with Crippen LogP contribution in [0.2, 0.25) is 0 Å². The zero-order chi connectivity index (χ0) is 15.7. The van der Waals surface area contributed by atoms with Crippen molar-refractivity contribution in [1.29, 1.82) is 0 Å². The van der Waals surface area contributed by atoms with Gasteiger partial charge in [0.2, 0.25) is 17.2 Å². The Bertz CT molecular complexity index is 775. The Balaban J connectivity index is 2.19. The zero-order valence-electron chi connectivity index (χ0n) is 12.5. The summed E-state index contributed by atoms with van der Waals surface area (Å²) in [6.45, 7) is 2.04. The van der Waals surface area contributed by atoms with Crippen molar-refractivity contribution in [2.45, 2.75) is 13.3 Å². The van der Waals surface area contributed by atoms with Crippen molar-refractivity contribution in [1.82, 2.24) is 4.98 Å². The van der Waals surface area contributed by atoms with E-state index < -0.39 is 5.97 Å². The monoisotopic (exact) mass is 305 g/mol. The lowest BCUT2D eigenvalue weighted by Crippen LogP contribution is -2.07. The molecule has 2 heterocycles. The van der Waals surface area contributed by atoms with Crippen LogP contribution in [-0.4, -0.2) is 31.8 Å². The topological polar surface area (TPSA) is 83.9 Å². The van der Waals surface area contributed by atoms with Gasteiger partial charge in [-0.1, -0.05) is 0 Å². The Morgan fingerprint density at radius 1 is 1.23 bits per heavy atom. The van der Waals surface area contributed by atoms with Crippen molar-refractivity contribution >= 4 is 28.0 Å². The summed E-state index contributed by atoms with van der Waals surface area (Å²) in [7, 11) is 3.05. The van der Waals surface area contributed by atoms with Gasteiger partial charge in [0.1, 0.15) is 6.42 Å². The number of carbonyl (C=O) groups excluding carboxylic acids is 1. The summed E-state index contributed by atoms with van der Waals surface area (Å²) < 4.78 is 26.8. The van der Waals surface area contributed by atoms with E-state index in [1.54, 1.807) is 13.0 Å². The van der Waals surface area contributed by atoms with Crippen molar-refractivity contribution in [3.05, 3.63) is 18.2 Å². The minimum absolute atomic E-state index is 0.0593. The highest BCUT2D eigenvalue weighted by atomic mass is 16.5. The van der Waals surface area contributed by atoms with Gasteiger partial charge >= 0.3 is 5.97 Å². The number of hydrogen-bond donors (Lipinski definition) is 0. The second kappa shape index (κ2) is 5.59. The Labute approximate surface area is 125 Å². The van der Waals surface area contributed by atoms with Gasteiger partial charge < -0.3 is 23.0 Å². The number of hydrogen-bond acceptors (Lipinski definition) is 7. The molecule has 3 aromatic rings.